The number of carbonyl (C=O) groups excluding carboxylic acids is 1. The Morgan fingerprint density at radius 3 is 2.50 bits per heavy atom. The molecule has 1 amide bonds. The number of nitrogens with two attached hydrogens (primary N) is 1. The summed E-state index contributed by atoms with van der Waals surface area (Å²) in [5.74, 6) is -0.340. The van der Waals surface area contributed by atoms with Crippen LogP contribution >= 0.6 is 9.24 Å². The Balaban J connectivity index is 3.80. The molecule has 2 N–H and O–H groups in total. The molecular formula is C5H10NOP. The van der Waals surface area contributed by atoms with E-state index >= 15 is 0 Å². The van der Waals surface area contributed by atoms with E-state index in [1.54, 1.807) is 13.0 Å². The normalized spacial score (nSPS) is 11.5. The van der Waals surface area contributed by atoms with Crippen molar-refractivity contribution in [1.29, 1.82) is 0 Å². The van der Waals surface area contributed by atoms with Crippen molar-refractivity contribution in [2.75, 3.05) is 6.16 Å². The van der Waals surface area contributed by atoms with E-state index in [2.05, 4.69) is 9.24 Å². The molecule has 0 radical (unpaired) electrons. The molecule has 0 aromatic rings. The summed E-state index contributed by atoms with van der Waals surface area (Å²) in [6.45, 7) is 1.70. The van der Waals surface area contributed by atoms with E-state index in [4.69, 9.17) is 5.73 Å². The lowest BCUT2D eigenvalue weighted by atomic mass is 10.3. The average Bonchev–Trinajstić information content (AvgIpc) is 1.67. The lowest BCUT2D eigenvalue weighted by Crippen LogP contribution is -2.11. The van der Waals surface area contributed by atoms with Gasteiger partial charge < -0.3 is 5.73 Å². The van der Waals surface area contributed by atoms with Crippen molar-refractivity contribution in [3.8, 4) is 0 Å². The fourth-order valence-corrected chi connectivity index (χ4v) is 0.631. The second-order valence-corrected chi connectivity index (χ2v) is 1.96. The molecule has 0 heterocycles. The summed E-state index contributed by atoms with van der Waals surface area (Å²) in [7, 11) is 2.48. The first-order chi connectivity index (χ1) is 3.68. The van der Waals surface area contributed by atoms with Gasteiger partial charge in [-0.3, -0.25) is 4.79 Å². The van der Waals surface area contributed by atoms with E-state index < -0.39 is 0 Å². The third-order valence-electron chi connectivity index (χ3n) is 0.813. The third-order valence-corrected chi connectivity index (χ3v) is 1.05. The molecule has 3 heteroatoms. The maximum atomic E-state index is 10.2. The van der Waals surface area contributed by atoms with Crippen molar-refractivity contribution < 1.29 is 4.79 Å². The SMILES string of the molecule is CC(=CCP)C(N)=O. The highest BCUT2D eigenvalue weighted by atomic mass is 31.0. The van der Waals surface area contributed by atoms with Crippen LogP contribution in [0.15, 0.2) is 11.6 Å². The standard InChI is InChI=1S/C5H10NOP/c1-4(2-3-8)5(6)7/h2H,3,8H2,1H3,(H2,6,7). The van der Waals surface area contributed by atoms with Crippen LogP contribution in [0, 0.1) is 0 Å². The monoisotopic (exact) mass is 131 g/mol. The molecule has 0 bridgehead atoms. The molecule has 0 aliphatic rings. The maximum Gasteiger partial charge on any atom is 0.244 e. The van der Waals surface area contributed by atoms with Gasteiger partial charge in [-0.25, -0.2) is 0 Å². The molecule has 46 valence electrons. The summed E-state index contributed by atoms with van der Waals surface area (Å²) in [4.78, 5) is 10.2. The molecule has 0 aliphatic heterocycles. The molecular weight excluding hydrogens is 121 g/mol. The quantitative estimate of drug-likeness (QED) is 0.425. The zero-order valence-electron chi connectivity index (χ0n) is 4.85. The number of hydrogen-bond acceptors (Lipinski definition) is 1. The van der Waals surface area contributed by atoms with E-state index in [-0.39, 0.29) is 5.91 Å². The second kappa shape index (κ2) is 3.62. The Labute approximate surface area is 51.3 Å². The van der Waals surface area contributed by atoms with Crippen LogP contribution in [-0.2, 0) is 4.79 Å². The van der Waals surface area contributed by atoms with Gasteiger partial charge in [-0.05, 0) is 13.1 Å². The molecule has 1 atom stereocenters. The number of rotatable bonds is 2. The molecule has 0 fully saturated rings. The minimum atomic E-state index is -0.340. The highest BCUT2D eigenvalue weighted by molar-refractivity contribution is 7.16. The molecule has 0 aromatic heterocycles. The van der Waals surface area contributed by atoms with Gasteiger partial charge >= 0.3 is 0 Å². The second-order valence-electron chi connectivity index (χ2n) is 1.49. The van der Waals surface area contributed by atoms with E-state index in [0.29, 0.717) is 5.57 Å². The number of allylic oxidation sites excluding steroid dienone is 1. The molecule has 0 saturated heterocycles. The van der Waals surface area contributed by atoms with E-state index in [0.717, 1.165) is 6.16 Å². The van der Waals surface area contributed by atoms with Gasteiger partial charge in [-0.1, -0.05) is 6.08 Å². The minimum Gasteiger partial charge on any atom is -0.366 e. The van der Waals surface area contributed by atoms with Gasteiger partial charge in [-0.2, -0.15) is 0 Å². The molecule has 1 unspecified atom stereocenters. The van der Waals surface area contributed by atoms with E-state index in [9.17, 15) is 4.79 Å². The Bertz CT molecular complexity index is 120. The summed E-state index contributed by atoms with van der Waals surface area (Å²) in [5, 5.41) is 0. The van der Waals surface area contributed by atoms with Gasteiger partial charge in [0.1, 0.15) is 0 Å². The predicted molar refractivity (Wildman–Crippen MR) is 37.5 cm³/mol. The lowest BCUT2D eigenvalue weighted by molar-refractivity contribution is -0.114. The fourth-order valence-electron chi connectivity index (χ4n) is 0.277. The number of carbonyl (C=O) groups is 1. The molecule has 0 aromatic carbocycles. The van der Waals surface area contributed by atoms with Gasteiger partial charge in [0.05, 0.1) is 0 Å². The minimum absolute atomic E-state index is 0.340. The van der Waals surface area contributed by atoms with Crippen molar-refractivity contribution in [2.24, 2.45) is 5.73 Å². The van der Waals surface area contributed by atoms with Crippen LogP contribution in [0.3, 0.4) is 0 Å². The summed E-state index contributed by atoms with van der Waals surface area (Å²) < 4.78 is 0. The maximum absolute atomic E-state index is 10.2. The first-order valence-corrected chi connectivity index (χ1v) is 3.16. The zero-order chi connectivity index (χ0) is 6.57. The Morgan fingerprint density at radius 2 is 2.38 bits per heavy atom. The molecule has 0 rings (SSSR count). The lowest BCUT2D eigenvalue weighted by Gasteiger charge is -1.88. The van der Waals surface area contributed by atoms with Crippen LogP contribution in [0.4, 0.5) is 0 Å². The fraction of sp³-hybridized carbons (Fsp3) is 0.400. The number of hydrogen-bond donors (Lipinski definition) is 1. The van der Waals surface area contributed by atoms with Crippen molar-refractivity contribution >= 4 is 15.1 Å². The van der Waals surface area contributed by atoms with Crippen molar-refractivity contribution in [1.82, 2.24) is 0 Å². The van der Waals surface area contributed by atoms with Gasteiger partial charge in [0.15, 0.2) is 0 Å². The predicted octanol–water partition coefficient (Wildman–Crippen LogP) is 0.293. The molecule has 8 heavy (non-hydrogen) atoms. The first kappa shape index (κ1) is 7.64. The zero-order valence-corrected chi connectivity index (χ0v) is 6.00. The smallest absolute Gasteiger partial charge is 0.244 e. The topological polar surface area (TPSA) is 43.1 Å². The Kier molecular flexibility index (Phi) is 3.46. The van der Waals surface area contributed by atoms with Gasteiger partial charge in [0, 0.05) is 5.57 Å². The third kappa shape index (κ3) is 2.75. The van der Waals surface area contributed by atoms with Crippen LogP contribution in [-0.4, -0.2) is 12.1 Å². The van der Waals surface area contributed by atoms with Crippen molar-refractivity contribution in [3.05, 3.63) is 11.6 Å². The largest absolute Gasteiger partial charge is 0.366 e. The van der Waals surface area contributed by atoms with Gasteiger partial charge in [-0.15, -0.1) is 9.24 Å². The van der Waals surface area contributed by atoms with Crippen LogP contribution in [0.1, 0.15) is 6.92 Å². The molecule has 0 aliphatic carbocycles. The first-order valence-electron chi connectivity index (χ1n) is 2.35. The summed E-state index contributed by atoms with van der Waals surface area (Å²) in [6, 6.07) is 0. The van der Waals surface area contributed by atoms with E-state index in [1.165, 1.54) is 0 Å². The summed E-state index contributed by atoms with van der Waals surface area (Å²) in [5.41, 5.74) is 5.53. The molecule has 2 nitrogen and oxygen atoms in total. The van der Waals surface area contributed by atoms with Gasteiger partial charge in [0.25, 0.3) is 0 Å². The van der Waals surface area contributed by atoms with Crippen molar-refractivity contribution in [2.45, 2.75) is 6.92 Å². The summed E-state index contributed by atoms with van der Waals surface area (Å²) in [6.07, 6.45) is 2.56. The van der Waals surface area contributed by atoms with Crippen molar-refractivity contribution in [3.63, 3.8) is 0 Å². The highest BCUT2D eigenvalue weighted by Gasteiger charge is 1.91. The van der Waals surface area contributed by atoms with Crippen LogP contribution < -0.4 is 5.73 Å². The van der Waals surface area contributed by atoms with Crippen LogP contribution in [0.5, 0.6) is 0 Å². The number of amides is 1. The van der Waals surface area contributed by atoms with Gasteiger partial charge in [0.2, 0.25) is 5.91 Å². The van der Waals surface area contributed by atoms with Crippen LogP contribution in [0.2, 0.25) is 0 Å². The Hall–Kier alpha value is -0.360. The average molecular weight is 131 g/mol. The Morgan fingerprint density at radius 1 is 1.88 bits per heavy atom. The van der Waals surface area contributed by atoms with Crippen LogP contribution in [0.25, 0.3) is 0 Å². The summed E-state index contributed by atoms with van der Waals surface area (Å²) >= 11 is 0. The molecule has 0 spiro atoms. The van der Waals surface area contributed by atoms with E-state index in [1.807, 2.05) is 0 Å². The highest BCUT2D eigenvalue weighted by Crippen LogP contribution is 1.91. The number of primary amides is 1. The molecule has 0 saturated carbocycles.